The van der Waals surface area contributed by atoms with E-state index >= 15 is 0 Å². The van der Waals surface area contributed by atoms with E-state index in [1.165, 1.54) is 0 Å². The molecule has 6 heteroatoms. The minimum atomic E-state index is -0.500. The van der Waals surface area contributed by atoms with E-state index in [4.69, 9.17) is 10.5 Å². The van der Waals surface area contributed by atoms with E-state index in [1.807, 2.05) is 37.3 Å². The van der Waals surface area contributed by atoms with Gasteiger partial charge in [0.2, 0.25) is 11.8 Å². The molecule has 6 nitrogen and oxygen atoms in total. The van der Waals surface area contributed by atoms with E-state index in [1.54, 1.807) is 28.8 Å². The van der Waals surface area contributed by atoms with Crippen molar-refractivity contribution in [2.75, 3.05) is 0 Å². The van der Waals surface area contributed by atoms with Crippen LogP contribution >= 0.6 is 0 Å². The number of aryl methyl sites for hydroxylation is 1. The molecule has 2 heterocycles. The molecule has 4 aromatic rings. The number of para-hydroxylation sites is 1. The highest BCUT2D eigenvalue weighted by atomic mass is 16.5. The fourth-order valence-corrected chi connectivity index (χ4v) is 2.65. The molecular weight excluding hydrogens is 304 g/mol. The first kappa shape index (κ1) is 14.2. The number of carbonyl (C=O) groups excluding carboxylic acids is 1. The zero-order valence-electron chi connectivity index (χ0n) is 12.9. The molecule has 0 aliphatic heterocycles. The van der Waals surface area contributed by atoms with Gasteiger partial charge in [0.25, 0.3) is 0 Å². The lowest BCUT2D eigenvalue weighted by atomic mass is 10.2. The largest absolute Gasteiger partial charge is 0.438 e. The van der Waals surface area contributed by atoms with Crippen LogP contribution in [0.4, 0.5) is 0 Å². The SMILES string of the molecule is Cc1cc2nc(Oc3cccc(C(N)=O)c3)c3ccccc3n2n1. The number of aromatic nitrogens is 3. The second-order valence-corrected chi connectivity index (χ2v) is 5.48. The van der Waals surface area contributed by atoms with Crippen molar-refractivity contribution < 1.29 is 9.53 Å². The van der Waals surface area contributed by atoms with Crippen LogP contribution in [0.2, 0.25) is 0 Å². The van der Waals surface area contributed by atoms with Crippen LogP contribution in [0.25, 0.3) is 16.6 Å². The molecule has 0 saturated carbocycles. The van der Waals surface area contributed by atoms with Crippen LogP contribution in [0.15, 0.2) is 54.6 Å². The summed E-state index contributed by atoms with van der Waals surface area (Å²) in [5, 5.41) is 5.30. The lowest BCUT2D eigenvalue weighted by Crippen LogP contribution is -2.10. The van der Waals surface area contributed by atoms with E-state index in [0.29, 0.717) is 22.8 Å². The highest BCUT2D eigenvalue weighted by Gasteiger charge is 2.12. The van der Waals surface area contributed by atoms with Gasteiger partial charge in [-0.15, -0.1) is 0 Å². The Balaban J connectivity index is 1.89. The lowest BCUT2D eigenvalue weighted by molar-refractivity contribution is 0.1000. The first-order valence-electron chi connectivity index (χ1n) is 7.45. The van der Waals surface area contributed by atoms with E-state index in [0.717, 1.165) is 16.6 Å². The molecule has 2 aromatic heterocycles. The normalized spacial score (nSPS) is 11.0. The van der Waals surface area contributed by atoms with Crippen LogP contribution in [0, 0.1) is 6.92 Å². The Labute approximate surface area is 137 Å². The number of ether oxygens (including phenoxy) is 1. The summed E-state index contributed by atoms with van der Waals surface area (Å²) < 4.78 is 7.73. The third-order valence-electron chi connectivity index (χ3n) is 3.72. The maximum absolute atomic E-state index is 11.3. The van der Waals surface area contributed by atoms with Gasteiger partial charge in [-0.3, -0.25) is 4.79 Å². The fourth-order valence-electron chi connectivity index (χ4n) is 2.65. The molecule has 0 atom stereocenters. The number of benzene rings is 2. The molecule has 2 aromatic carbocycles. The molecule has 0 saturated heterocycles. The van der Waals surface area contributed by atoms with Crippen molar-refractivity contribution in [1.29, 1.82) is 0 Å². The summed E-state index contributed by atoms with van der Waals surface area (Å²) in [6.45, 7) is 1.92. The maximum Gasteiger partial charge on any atom is 0.248 e. The summed E-state index contributed by atoms with van der Waals surface area (Å²) in [4.78, 5) is 15.9. The summed E-state index contributed by atoms with van der Waals surface area (Å²) in [5.74, 6) is 0.462. The van der Waals surface area contributed by atoms with Gasteiger partial charge in [0.05, 0.1) is 16.6 Å². The maximum atomic E-state index is 11.3. The third-order valence-corrected chi connectivity index (χ3v) is 3.72. The van der Waals surface area contributed by atoms with Gasteiger partial charge in [-0.1, -0.05) is 18.2 Å². The molecule has 118 valence electrons. The van der Waals surface area contributed by atoms with E-state index in [2.05, 4.69) is 10.1 Å². The average Bonchev–Trinajstić information content (AvgIpc) is 2.96. The van der Waals surface area contributed by atoms with Crippen molar-refractivity contribution in [2.45, 2.75) is 6.92 Å². The van der Waals surface area contributed by atoms with Crippen LogP contribution in [0.1, 0.15) is 16.1 Å². The monoisotopic (exact) mass is 318 g/mol. The van der Waals surface area contributed by atoms with Gasteiger partial charge in [0.15, 0.2) is 5.65 Å². The van der Waals surface area contributed by atoms with Crippen LogP contribution in [-0.2, 0) is 0 Å². The number of nitrogens with two attached hydrogens (primary N) is 1. The molecule has 0 aliphatic carbocycles. The second-order valence-electron chi connectivity index (χ2n) is 5.48. The Hall–Kier alpha value is -3.41. The predicted octanol–water partition coefficient (Wildman–Crippen LogP) is 3.08. The molecule has 1 amide bonds. The van der Waals surface area contributed by atoms with Crippen LogP contribution in [0.5, 0.6) is 11.6 Å². The number of hydrogen-bond acceptors (Lipinski definition) is 4. The standard InChI is InChI=1S/C18H14N4O2/c1-11-9-16-20-18(14-7-2-3-8-15(14)22(16)21-11)24-13-6-4-5-12(10-13)17(19)23/h2-10H,1H3,(H2,19,23). The highest BCUT2D eigenvalue weighted by molar-refractivity contribution is 5.93. The van der Waals surface area contributed by atoms with Crippen LogP contribution < -0.4 is 10.5 Å². The molecular formula is C18H14N4O2. The topological polar surface area (TPSA) is 82.5 Å². The second kappa shape index (κ2) is 5.34. The molecule has 0 unspecified atom stereocenters. The number of rotatable bonds is 3. The Kier molecular flexibility index (Phi) is 3.16. The minimum Gasteiger partial charge on any atom is -0.438 e. The van der Waals surface area contributed by atoms with Gasteiger partial charge in [-0.05, 0) is 37.3 Å². The van der Waals surface area contributed by atoms with Crippen molar-refractivity contribution in [3.63, 3.8) is 0 Å². The molecule has 24 heavy (non-hydrogen) atoms. The zero-order chi connectivity index (χ0) is 16.7. The molecule has 0 bridgehead atoms. The van der Waals surface area contributed by atoms with Crippen molar-refractivity contribution in [2.24, 2.45) is 5.73 Å². The van der Waals surface area contributed by atoms with Gasteiger partial charge in [0, 0.05) is 11.6 Å². The fraction of sp³-hybridized carbons (Fsp3) is 0.0556. The van der Waals surface area contributed by atoms with Crippen molar-refractivity contribution in [3.05, 3.63) is 65.9 Å². The first-order valence-corrected chi connectivity index (χ1v) is 7.45. The van der Waals surface area contributed by atoms with E-state index in [9.17, 15) is 4.79 Å². The van der Waals surface area contributed by atoms with Gasteiger partial charge in [-0.25, -0.2) is 4.52 Å². The summed E-state index contributed by atoms with van der Waals surface area (Å²) >= 11 is 0. The molecule has 2 N–H and O–H groups in total. The minimum absolute atomic E-state index is 0.387. The van der Waals surface area contributed by atoms with Gasteiger partial charge < -0.3 is 10.5 Å². The Morgan fingerprint density at radius 3 is 2.79 bits per heavy atom. The number of hydrogen-bond donors (Lipinski definition) is 1. The number of fused-ring (bicyclic) bond motifs is 3. The van der Waals surface area contributed by atoms with Crippen molar-refractivity contribution in [1.82, 2.24) is 14.6 Å². The van der Waals surface area contributed by atoms with Gasteiger partial charge in [0.1, 0.15) is 5.75 Å². The predicted molar refractivity (Wildman–Crippen MR) is 90.3 cm³/mol. The van der Waals surface area contributed by atoms with Crippen molar-refractivity contribution >= 4 is 22.5 Å². The van der Waals surface area contributed by atoms with Crippen LogP contribution in [0.3, 0.4) is 0 Å². The summed E-state index contributed by atoms with van der Waals surface area (Å²) in [6, 6.07) is 16.4. The van der Waals surface area contributed by atoms with Crippen LogP contribution in [-0.4, -0.2) is 20.5 Å². The number of nitrogens with zero attached hydrogens (tertiary/aromatic N) is 3. The Morgan fingerprint density at radius 1 is 1.12 bits per heavy atom. The summed E-state index contributed by atoms with van der Waals surface area (Å²) in [7, 11) is 0. The van der Waals surface area contributed by atoms with E-state index < -0.39 is 5.91 Å². The first-order chi connectivity index (χ1) is 11.6. The zero-order valence-corrected chi connectivity index (χ0v) is 12.9. The summed E-state index contributed by atoms with van der Waals surface area (Å²) in [5.41, 5.74) is 8.19. The lowest BCUT2D eigenvalue weighted by Gasteiger charge is -2.10. The Morgan fingerprint density at radius 2 is 1.96 bits per heavy atom. The van der Waals surface area contributed by atoms with Gasteiger partial charge in [-0.2, -0.15) is 10.1 Å². The summed E-state index contributed by atoms with van der Waals surface area (Å²) in [6.07, 6.45) is 0. The molecule has 0 aliphatic rings. The van der Waals surface area contributed by atoms with Crippen molar-refractivity contribution in [3.8, 4) is 11.6 Å². The quantitative estimate of drug-likeness (QED) is 0.629. The number of amides is 1. The molecule has 0 spiro atoms. The molecule has 0 radical (unpaired) electrons. The number of carbonyl (C=O) groups is 1. The van der Waals surface area contributed by atoms with Gasteiger partial charge >= 0.3 is 0 Å². The van der Waals surface area contributed by atoms with E-state index in [-0.39, 0.29) is 0 Å². The average molecular weight is 318 g/mol. The highest BCUT2D eigenvalue weighted by Crippen LogP contribution is 2.29. The third kappa shape index (κ3) is 2.34. The smallest absolute Gasteiger partial charge is 0.248 e. The molecule has 4 rings (SSSR count). The molecule has 0 fully saturated rings. The number of primary amides is 1. The Bertz CT molecular complexity index is 1080.